The first-order valence-electron chi connectivity index (χ1n) is 11.8. The molecule has 0 aliphatic carbocycles. The Kier molecular flexibility index (Phi) is 9.40. The number of carboxylic acids is 1. The second kappa shape index (κ2) is 12.3. The number of hydrogen-bond acceptors (Lipinski definition) is 6. The number of amides is 1. The number of hydrogen-bond donors (Lipinski definition) is 3. The predicted molar refractivity (Wildman–Crippen MR) is 131 cm³/mol. The molecule has 0 radical (unpaired) electrons. The Morgan fingerprint density at radius 3 is 2.89 bits per heavy atom. The summed E-state index contributed by atoms with van der Waals surface area (Å²) in [4.78, 5) is 32.9. The van der Waals surface area contributed by atoms with Gasteiger partial charge in [-0.05, 0) is 63.6 Å². The van der Waals surface area contributed by atoms with Crippen molar-refractivity contribution in [1.29, 1.82) is 0 Å². The van der Waals surface area contributed by atoms with E-state index in [0.717, 1.165) is 62.4 Å². The Labute approximate surface area is 209 Å². The molecule has 3 heterocycles. The van der Waals surface area contributed by atoms with Gasteiger partial charge in [-0.25, -0.2) is 19.2 Å². The van der Waals surface area contributed by atoms with Gasteiger partial charge in [-0.3, -0.25) is 4.79 Å². The monoisotopic (exact) mass is 506 g/mol. The molecule has 8 nitrogen and oxygen atoms in total. The lowest BCUT2D eigenvalue weighted by molar-refractivity contribution is -0.143. The minimum absolute atomic E-state index is 0.0105. The van der Waals surface area contributed by atoms with Crippen molar-refractivity contribution in [3.63, 3.8) is 0 Å². The first kappa shape index (κ1) is 26.8. The lowest BCUT2D eigenvalue weighted by Crippen LogP contribution is -2.48. The predicted octanol–water partition coefficient (Wildman–Crippen LogP) is 3.90. The van der Waals surface area contributed by atoms with Gasteiger partial charge < -0.3 is 20.5 Å². The van der Waals surface area contributed by atoms with Crippen LogP contribution in [0.3, 0.4) is 0 Å². The van der Waals surface area contributed by atoms with Crippen molar-refractivity contribution in [2.45, 2.75) is 63.8 Å². The van der Waals surface area contributed by atoms with E-state index in [4.69, 9.17) is 16.3 Å². The number of halogens is 2. The fourth-order valence-electron chi connectivity index (χ4n) is 3.90. The van der Waals surface area contributed by atoms with E-state index in [-0.39, 0.29) is 23.7 Å². The van der Waals surface area contributed by atoms with Gasteiger partial charge in [0.1, 0.15) is 22.8 Å². The van der Waals surface area contributed by atoms with E-state index < -0.39 is 29.2 Å². The highest BCUT2D eigenvalue weighted by Gasteiger charge is 2.35. The van der Waals surface area contributed by atoms with Crippen molar-refractivity contribution in [1.82, 2.24) is 15.3 Å². The van der Waals surface area contributed by atoms with Crippen molar-refractivity contribution in [2.24, 2.45) is 0 Å². The van der Waals surface area contributed by atoms with Crippen LogP contribution in [0.1, 0.15) is 56.4 Å². The van der Waals surface area contributed by atoms with Crippen LogP contribution in [0.2, 0.25) is 5.15 Å². The van der Waals surface area contributed by atoms with Crippen molar-refractivity contribution in [3.05, 3.63) is 52.2 Å². The number of aromatic nitrogens is 2. The molecule has 0 bridgehead atoms. The van der Waals surface area contributed by atoms with Crippen molar-refractivity contribution >= 4 is 29.3 Å². The van der Waals surface area contributed by atoms with Crippen LogP contribution in [-0.4, -0.2) is 52.8 Å². The third-order valence-electron chi connectivity index (χ3n) is 6.12. The summed E-state index contributed by atoms with van der Waals surface area (Å²) in [6, 6.07) is 4.20. The van der Waals surface area contributed by atoms with E-state index in [1.54, 1.807) is 0 Å². The number of nitrogens with one attached hydrogen (secondary N) is 2. The van der Waals surface area contributed by atoms with Gasteiger partial charge in [0, 0.05) is 37.4 Å². The molecule has 1 amide bonds. The maximum atomic E-state index is 13.6. The molecule has 1 aliphatic rings. The molecule has 3 rings (SSSR count). The number of pyridine rings is 2. The van der Waals surface area contributed by atoms with Gasteiger partial charge in [0.25, 0.3) is 0 Å². The average Bonchev–Trinajstić information content (AvgIpc) is 2.83. The number of carbonyl (C=O) groups excluding carboxylic acids is 1. The molecule has 1 atom stereocenters. The molecule has 0 spiro atoms. The fourth-order valence-corrected chi connectivity index (χ4v) is 4.24. The number of aliphatic carboxylic acids is 1. The molecule has 3 N–H and O–H groups in total. The second-order valence-corrected chi connectivity index (χ2v) is 9.54. The summed E-state index contributed by atoms with van der Waals surface area (Å²) in [5.74, 6) is -1.40. The van der Waals surface area contributed by atoms with Crippen molar-refractivity contribution in [3.8, 4) is 0 Å². The molecule has 190 valence electrons. The zero-order valence-electron chi connectivity index (χ0n) is 20.1. The molecular weight excluding hydrogens is 475 g/mol. The second-order valence-electron chi connectivity index (χ2n) is 9.18. The highest BCUT2D eigenvalue weighted by atomic mass is 35.5. The van der Waals surface area contributed by atoms with E-state index in [0.29, 0.717) is 6.61 Å². The standard InChI is InChI=1S/C25H32ClFN4O4/c1-25(2,19-14-17(27)15-29-21(19)26)24(34)31-20(23(32)33)10-13-35-12-4-3-7-18-9-8-16-6-5-11-28-22(16)30-18/h8-9,14-15,20H,3-7,10-13H2,1-2H3,(H,28,30)(H,31,34)(H,32,33)/t20-/m0/s1. The zero-order chi connectivity index (χ0) is 25.4. The summed E-state index contributed by atoms with van der Waals surface area (Å²) < 4.78 is 19.2. The highest BCUT2D eigenvalue weighted by Crippen LogP contribution is 2.29. The number of ether oxygens (including phenoxy) is 1. The van der Waals surface area contributed by atoms with E-state index in [9.17, 15) is 19.1 Å². The Hall–Kier alpha value is -2.78. The summed E-state index contributed by atoms with van der Waals surface area (Å²) in [5, 5.41) is 15.4. The number of nitrogens with zero attached hydrogens (tertiary/aromatic N) is 2. The van der Waals surface area contributed by atoms with Crippen LogP contribution < -0.4 is 10.6 Å². The average molecular weight is 507 g/mol. The molecule has 0 aromatic carbocycles. The Balaban J connectivity index is 1.40. The number of carboxylic acid groups (broad SMARTS) is 1. The summed E-state index contributed by atoms with van der Waals surface area (Å²) in [7, 11) is 0. The lowest BCUT2D eigenvalue weighted by atomic mass is 9.84. The van der Waals surface area contributed by atoms with Gasteiger partial charge in [0.05, 0.1) is 11.6 Å². The van der Waals surface area contributed by atoms with Crippen molar-refractivity contribution < 1.29 is 23.8 Å². The number of aryl methyl sites for hydroxylation is 2. The molecular formula is C25H32ClFN4O4. The minimum Gasteiger partial charge on any atom is -0.480 e. The number of fused-ring (bicyclic) bond motifs is 1. The SMILES string of the molecule is CC(C)(C(=O)N[C@@H](CCOCCCCc1ccc2c(n1)NCCC2)C(=O)O)c1cc(F)cnc1Cl. The van der Waals surface area contributed by atoms with Crippen LogP contribution >= 0.6 is 11.6 Å². The maximum absolute atomic E-state index is 13.6. The van der Waals surface area contributed by atoms with Crippen LogP contribution in [0.4, 0.5) is 10.2 Å². The van der Waals surface area contributed by atoms with E-state index in [1.807, 2.05) is 0 Å². The van der Waals surface area contributed by atoms with Crippen LogP contribution in [0, 0.1) is 5.82 Å². The highest BCUT2D eigenvalue weighted by molar-refractivity contribution is 6.30. The lowest BCUT2D eigenvalue weighted by Gasteiger charge is -2.27. The fraction of sp³-hybridized carbons (Fsp3) is 0.520. The van der Waals surface area contributed by atoms with Crippen LogP contribution in [0.25, 0.3) is 0 Å². The van der Waals surface area contributed by atoms with Crippen molar-refractivity contribution in [2.75, 3.05) is 25.1 Å². The molecule has 10 heteroatoms. The molecule has 2 aromatic rings. The van der Waals surface area contributed by atoms with Gasteiger partial charge in [-0.1, -0.05) is 17.7 Å². The molecule has 0 saturated heterocycles. The smallest absolute Gasteiger partial charge is 0.326 e. The van der Waals surface area contributed by atoms with Gasteiger partial charge in [0.15, 0.2) is 0 Å². The third-order valence-corrected chi connectivity index (χ3v) is 6.43. The maximum Gasteiger partial charge on any atom is 0.326 e. The molecule has 0 fully saturated rings. The third kappa shape index (κ3) is 7.35. The van der Waals surface area contributed by atoms with E-state index in [1.165, 1.54) is 19.4 Å². The Bertz CT molecular complexity index is 1050. The van der Waals surface area contributed by atoms with E-state index >= 15 is 0 Å². The minimum atomic E-state index is -1.28. The van der Waals surface area contributed by atoms with Crippen LogP contribution in [-0.2, 0) is 32.6 Å². The molecule has 0 unspecified atom stereocenters. The summed E-state index contributed by atoms with van der Waals surface area (Å²) in [6.07, 6.45) is 5.82. The van der Waals surface area contributed by atoms with Crippen LogP contribution in [0.5, 0.6) is 0 Å². The Morgan fingerprint density at radius 2 is 2.11 bits per heavy atom. The summed E-state index contributed by atoms with van der Waals surface area (Å²) in [5.41, 5.74) is 1.22. The van der Waals surface area contributed by atoms with Gasteiger partial charge in [-0.2, -0.15) is 0 Å². The summed E-state index contributed by atoms with van der Waals surface area (Å²) >= 11 is 6.04. The van der Waals surface area contributed by atoms with Gasteiger partial charge >= 0.3 is 5.97 Å². The zero-order valence-corrected chi connectivity index (χ0v) is 20.8. The summed E-state index contributed by atoms with van der Waals surface area (Å²) in [6.45, 7) is 4.70. The molecule has 35 heavy (non-hydrogen) atoms. The number of rotatable bonds is 12. The molecule has 0 saturated carbocycles. The number of unbranched alkanes of at least 4 members (excludes halogenated alkanes) is 1. The first-order valence-corrected chi connectivity index (χ1v) is 12.2. The van der Waals surface area contributed by atoms with Gasteiger partial charge in [-0.15, -0.1) is 0 Å². The molecule has 1 aliphatic heterocycles. The van der Waals surface area contributed by atoms with Crippen LogP contribution in [0.15, 0.2) is 24.4 Å². The topological polar surface area (TPSA) is 113 Å². The number of anilines is 1. The van der Waals surface area contributed by atoms with E-state index in [2.05, 4.69) is 32.7 Å². The van der Waals surface area contributed by atoms with Gasteiger partial charge in [0.2, 0.25) is 5.91 Å². The largest absolute Gasteiger partial charge is 0.480 e. The normalized spacial score (nSPS) is 14.1. The molecule has 2 aromatic heterocycles. The quantitative estimate of drug-likeness (QED) is 0.295. The number of carbonyl (C=O) groups is 2. The Morgan fingerprint density at radius 1 is 1.31 bits per heavy atom. The first-order chi connectivity index (χ1) is 16.7.